The summed E-state index contributed by atoms with van der Waals surface area (Å²) in [5, 5.41) is 5.46. The van der Waals surface area contributed by atoms with E-state index in [4.69, 9.17) is 4.74 Å². The molecular formula is C46H50F2N12O7. The highest BCUT2D eigenvalue weighted by atomic mass is 19.1. The molecule has 3 aliphatic rings. The number of aryl methyl sites for hydroxylation is 1. The van der Waals surface area contributed by atoms with Gasteiger partial charge in [-0.1, -0.05) is 6.07 Å². The molecule has 0 radical (unpaired) electrons. The molecule has 5 aromatic rings. The number of benzene rings is 2. The lowest BCUT2D eigenvalue weighted by molar-refractivity contribution is -0.142. The monoisotopic (exact) mass is 920 g/mol. The van der Waals surface area contributed by atoms with E-state index in [1.54, 1.807) is 47.2 Å². The molecule has 5 amide bonds. The zero-order valence-corrected chi connectivity index (χ0v) is 37.5. The van der Waals surface area contributed by atoms with E-state index in [0.29, 0.717) is 81.5 Å². The quantitative estimate of drug-likeness (QED) is 0.114. The molecule has 3 aromatic heterocycles. The number of rotatable bonds is 15. The van der Waals surface area contributed by atoms with Crippen LogP contribution in [0, 0.1) is 18.6 Å². The molecule has 3 aliphatic heterocycles. The molecule has 350 valence electrons. The Hall–Kier alpha value is -7.42. The van der Waals surface area contributed by atoms with Gasteiger partial charge in [-0.25, -0.2) is 28.7 Å². The summed E-state index contributed by atoms with van der Waals surface area (Å²) in [6, 6.07) is 10.3. The fourth-order valence-electron chi connectivity index (χ4n) is 8.78. The van der Waals surface area contributed by atoms with Crippen molar-refractivity contribution in [1.29, 1.82) is 0 Å². The first-order valence-corrected chi connectivity index (χ1v) is 22.0. The highest BCUT2D eigenvalue weighted by Crippen LogP contribution is 2.35. The van der Waals surface area contributed by atoms with Gasteiger partial charge in [0.05, 0.1) is 46.5 Å². The normalized spacial score (nSPS) is 15.7. The second kappa shape index (κ2) is 19.6. The van der Waals surface area contributed by atoms with E-state index in [9.17, 15) is 28.8 Å². The maximum absolute atomic E-state index is 15.2. The van der Waals surface area contributed by atoms with Gasteiger partial charge in [0.1, 0.15) is 42.4 Å². The van der Waals surface area contributed by atoms with Crippen molar-refractivity contribution in [2.24, 2.45) is 0 Å². The highest BCUT2D eigenvalue weighted by molar-refractivity contribution is 6.24. The molecule has 8 rings (SSSR count). The van der Waals surface area contributed by atoms with Crippen molar-refractivity contribution in [2.75, 3.05) is 87.7 Å². The number of piperazine rings is 2. The predicted molar refractivity (Wildman–Crippen MR) is 242 cm³/mol. The molecule has 19 nitrogen and oxygen atoms in total. The van der Waals surface area contributed by atoms with E-state index in [1.807, 2.05) is 29.4 Å². The van der Waals surface area contributed by atoms with Crippen molar-refractivity contribution < 1.29 is 42.3 Å². The number of pyridine rings is 1. The van der Waals surface area contributed by atoms with Crippen molar-refractivity contribution >= 4 is 70.0 Å². The van der Waals surface area contributed by atoms with Gasteiger partial charge < -0.3 is 44.3 Å². The van der Waals surface area contributed by atoms with E-state index < -0.39 is 29.5 Å². The van der Waals surface area contributed by atoms with Crippen LogP contribution in [0.5, 0.6) is 0 Å². The smallest absolute Gasteiger partial charge is 0.264 e. The van der Waals surface area contributed by atoms with E-state index in [1.165, 1.54) is 19.2 Å². The third kappa shape index (κ3) is 9.49. The lowest BCUT2D eigenvalue weighted by Gasteiger charge is -2.37. The van der Waals surface area contributed by atoms with Gasteiger partial charge in [-0.2, -0.15) is 0 Å². The molecule has 2 saturated heterocycles. The number of aldehydes is 1. The third-order valence-electron chi connectivity index (χ3n) is 12.2. The van der Waals surface area contributed by atoms with E-state index in [-0.39, 0.29) is 83.7 Å². The first-order chi connectivity index (χ1) is 32.3. The largest absolute Gasteiger partial charge is 0.367 e. The van der Waals surface area contributed by atoms with Crippen LogP contribution in [0.1, 0.15) is 59.3 Å². The van der Waals surface area contributed by atoms with Gasteiger partial charge in [0.15, 0.2) is 11.6 Å². The van der Waals surface area contributed by atoms with Gasteiger partial charge in [-0.15, -0.1) is 0 Å². The minimum Gasteiger partial charge on any atom is -0.367 e. The summed E-state index contributed by atoms with van der Waals surface area (Å²) in [4.78, 5) is 102. The summed E-state index contributed by atoms with van der Waals surface area (Å²) in [5.41, 5.74) is 2.63. The van der Waals surface area contributed by atoms with Crippen LogP contribution >= 0.6 is 0 Å². The Morgan fingerprint density at radius 1 is 0.836 bits per heavy atom. The Kier molecular flexibility index (Phi) is 13.5. The van der Waals surface area contributed by atoms with Crippen LogP contribution in [0.15, 0.2) is 54.9 Å². The fourth-order valence-corrected chi connectivity index (χ4v) is 8.78. The van der Waals surface area contributed by atoms with Gasteiger partial charge in [-0.3, -0.25) is 28.9 Å². The van der Waals surface area contributed by atoms with Crippen molar-refractivity contribution in [2.45, 2.75) is 45.7 Å². The SMILES string of the molecule is CNC(=O)CCC(C=O)N1C(=O)c2cccc(N3CCN(C(=O)COCC(=O)N4CCN(c5ccc(Nc6ncc(F)c(-c7cc(F)c8nc(C)n(C(C)C)c8c7)n6)nc5)CC4)CC3)c2C1=O. The lowest BCUT2D eigenvalue weighted by atomic mass is 10.1. The number of nitrogens with one attached hydrogen (secondary N) is 2. The standard InChI is InChI=1S/C46H50F2N12O7/c1-27(2)59-28(3)52-43-33(47)20-29(21-36(43)59)42-34(48)23-51-46(54-42)53-37-10-8-30(22-50-37)55-12-16-57(17-13-55)39(63)25-67-26-40(64)58-18-14-56(15-19-58)35-7-5-6-32-41(35)45(66)60(44(32)65)31(24-61)9-11-38(62)49-4/h5-8,10,20-24,27,31H,9,11-19,25-26H2,1-4H3,(H,49,62)(H,50,51,53,54). The van der Waals surface area contributed by atoms with Crippen LogP contribution in [-0.4, -0.2) is 154 Å². The Morgan fingerprint density at radius 2 is 1.52 bits per heavy atom. The van der Waals surface area contributed by atoms with Gasteiger partial charge in [0, 0.05) is 77.4 Å². The van der Waals surface area contributed by atoms with Crippen LogP contribution in [0.2, 0.25) is 0 Å². The lowest BCUT2D eigenvalue weighted by Crippen LogP contribution is -2.51. The minimum absolute atomic E-state index is 0.00227. The first-order valence-electron chi connectivity index (χ1n) is 22.0. The zero-order chi connectivity index (χ0) is 47.5. The number of ether oxygens (including phenoxy) is 1. The number of fused-ring (bicyclic) bond motifs is 2. The van der Waals surface area contributed by atoms with Crippen LogP contribution in [0.4, 0.5) is 31.9 Å². The van der Waals surface area contributed by atoms with Crippen LogP contribution in [0.3, 0.4) is 0 Å². The van der Waals surface area contributed by atoms with Gasteiger partial charge >= 0.3 is 0 Å². The predicted octanol–water partition coefficient (Wildman–Crippen LogP) is 3.50. The van der Waals surface area contributed by atoms with Crippen LogP contribution in [-0.2, 0) is 23.9 Å². The molecule has 0 bridgehead atoms. The number of imide groups is 1. The molecule has 2 fully saturated rings. The number of carbonyl (C=O) groups excluding carboxylic acids is 6. The van der Waals surface area contributed by atoms with Gasteiger partial charge in [0.2, 0.25) is 23.7 Å². The number of hydrogen-bond acceptors (Lipinski definition) is 14. The van der Waals surface area contributed by atoms with Crippen molar-refractivity contribution in [3.63, 3.8) is 0 Å². The van der Waals surface area contributed by atoms with Crippen molar-refractivity contribution in [1.82, 2.24) is 44.5 Å². The van der Waals surface area contributed by atoms with Crippen molar-refractivity contribution in [3.05, 3.63) is 83.4 Å². The number of amides is 5. The topological polar surface area (TPSA) is 208 Å². The summed E-state index contributed by atoms with van der Waals surface area (Å²) in [6.45, 7) is 8.45. The highest BCUT2D eigenvalue weighted by Gasteiger charge is 2.42. The molecule has 2 N–H and O–H groups in total. The summed E-state index contributed by atoms with van der Waals surface area (Å²) in [5.74, 6) is -2.20. The minimum atomic E-state index is -1.09. The third-order valence-corrected chi connectivity index (χ3v) is 12.2. The van der Waals surface area contributed by atoms with E-state index >= 15 is 8.78 Å². The second-order valence-electron chi connectivity index (χ2n) is 16.7. The summed E-state index contributed by atoms with van der Waals surface area (Å²) >= 11 is 0. The molecule has 21 heteroatoms. The number of carbonyl (C=O) groups is 6. The Bertz CT molecular complexity index is 2730. The number of halogens is 2. The van der Waals surface area contributed by atoms with Crippen molar-refractivity contribution in [3.8, 4) is 11.3 Å². The maximum Gasteiger partial charge on any atom is 0.264 e. The molecule has 0 aliphatic carbocycles. The number of hydrogen-bond donors (Lipinski definition) is 2. The number of anilines is 4. The molecule has 0 spiro atoms. The molecule has 1 unspecified atom stereocenters. The maximum atomic E-state index is 15.2. The average Bonchev–Trinajstić information content (AvgIpc) is 3.81. The Morgan fingerprint density at radius 3 is 2.15 bits per heavy atom. The van der Waals surface area contributed by atoms with Crippen LogP contribution in [0.25, 0.3) is 22.3 Å². The molecule has 1 atom stereocenters. The number of nitrogens with zero attached hydrogens (tertiary/aromatic N) is 10. The van der Waals surface area contributed by atoms with E-state index in [2.05, 4.69) is 35.5 Å². The summed E-state index contributed by atoms with van der Waals surface area (Å²) < 4.78 is 37.7. The average molecular weight is 921 g/mol. The Balaban J connectivity index is 0.782. The molecule has 6 heterocycles. The molecule has 2 aromatic carbocycles. The zero-order valence-electron chi connectivity index (χ0n) is 37.5. The molecule has 67 heavy (non-hydrogen) atoms. The summed E-state index contributed by atoms with van der Waals surface area (Å²) in [7, 11) is 1.46. The van der Waals surface area contributed by atoms with Gasteiger partial charge in [-0.05, 0) is 63.6 Å². The van der Waals surface area contributed by atoms with Crippen LogP contribution < -0.4 is 20.4 Å². The Labute approximate surface area is 384 Å². The molecule has 0 saturated carbocycles. The fraction of sp³-hybridized carbons (Fsp3) is 0.391. The summed E-state index contributed by atoms with van der Waals surface area (Å²) in [6.07, 6.45) is 3.17. The first kappa shape index (κ1) is 46.1. The molecular weight excluding hydrogens is 871 g/mol. The van der Waals surface area contributed by atoms with E-state index in [0.717, 1.165) is 16.8 Å². The number of imidazole rings is 1. The second-order valence-corrected chi connectivity index (χ2v) is 16.7. The number of aromatic nitrogens is 5. The van der Waals surface area contributed by atoms with Gasteiger partial charge in [0.25, 0.3) is 11.8 Å².